The Morgan fingerprint density at radius 1 is 1.33 bits per heavy atom. The Bertz CT molecular complexity index is 1110. The van der Waals surface area contributed by atoms with Crippen molar-refractivity contribution in [3.63, 3.8) is 0 Å². The second-order valence-corrected chi connectivity index (χ2v) is 9.02. The molecule has 0 bridgehead atoms. The second kappa shape index (κ2) is 9.11. The van der Waals surface area contributed by atoms with Crippen molar-refractivity contribution in [1.82, 2.24) is 4.57 Å². The lowest BCUT2D eigenvalue weighted by molar-refractivity contribution is -0.111. The van der Waals surface area contributed by atoms with Gasteiger partial charge in [0, 0.05) is 28.2 Å². The van der Waals surface area contributed by atoms with Gasteiger partial charge in [-0.15, -0.1) is 22.7 Å². The van der Waals surface area contributed by atoms with Crippen molar-refractivity contribution in [2.45, 2.75) is 19.3 Å². The first-order chi connectivity index (χ1) is 14.6. The van der Waals surface area contributed by atoms with Gasteiger partial charge in [-0.25, -0.2) is 4.79 Å². The maximum Gasteiger partial charge on any atom is 0.417 e. The van der Waals surface area contributed by atoms with Crippen molar-refractivity contribution < 1.29 is 14.3 Å². The van der Waals surface area contributed by atoms with Gasteiger partial charge in [0.05, 0.1) is 12.2 Å². The smallest absolute Gasteiger partial charge is 0.417 e. The Balaban J connectivity index is 1.40. The maximum absolute atomic E-state index is 12.3. The molecular formula is C22H19N3O3S2. The highest BCUT2D eigenvalue weighted by molar-refractivity contribution is 7.16. The Morgan fingerprint density at radius 2 is 2.17 bits per heavy atom. The van der Waals surface area contributed by atoms with Crippen molar-refractivity contribution in [2.24, 2.45) is 5.92 Å². The molecule has 1 aliphatic carbocycles. The fourth-order valence-electron chi connectivity index (χ4n) is 3.42. The van der Waals surface area contributed by atoms with E-state index in [0.717, 1.165) is 34.6 Å². The van der Waals surface area contributed by atoms with E-state index in [-0.39, 0.29) is 17.9 Å². The van der Waals surface area contributed by atoms with Crippen LogP contribution in [0, 0.1) is 17.2 Å². The predicted molar refractivity (Wildman–Crippen MR) is 118 cm³/mol. The lowest BCUT2D eigenvalue weighted by atomic mass is 9.88. The van der Waals surface area contributed by atoms with Crippen LogP contribution in [-0.4, -0.2) is 23.2 Å². The molecule has 0 saturated heterocycles. The van der Waals surface area contributed by atoms with Crippen LogP contribution in [0.4, 0.5) is 9.80 Å². The summed E-state index contributed by atoms with van der Waals surface area (Å²) >= 11 is 3.00. The average molecular weight is 438 g/mol. The molecule has 30 heavy (non-hydrogen) atoms. The Hall–Kier alpha value is -3.15. The molecule has 0 spiro atoms. The number of fused-ring (bicyclic) bond motifs is 1. The summed E-state index contributed by atoms with van der Waals surface area (Å²) < 4.78 is 6.83. The van der Waals surface area contributed by atoms with Gasteiger partial charge in [0.2, 0.25) is 5.91 Å². The number of thiophene rings is 2. The van der Waals surface area contributed by atoms with Crippen LogP contribution in [0.25, 0.3) is 6.08 Å². The van der Waals surface area contributed by atoms with Gasteiger partial charge in [0.15, 0.2) is 0 Å². The molecule has 1 N–H and O–H groups in total. The molecule has 152 valence electrons. The van der Waals surface area contributed by atoms with E-state index in [0.29, 0.717) is 17.2 Å². The SMILES string of the molecule is N#Cc1c(NC(=O)/C=C/c2cccs2)sc2c1CCC(COC(=O)n1cccc1)C2. The Kier molecular flexibility index (Phi) is 6.12. The van der Waals surface area contributed by atoms with E-state index in [1.165, 1.54) is 22.0 Å². The minimum Gasteiger partial charge on any atom is -0.449 e. The van der Waals surface area contributed by atoms with Crippen LogP contribution in [0.1, 0.15) is 27.3 Å². The zero-order valence-electron chi connectivity index (χ0n) is 16.0. The third-order valence-electron chi connectivity index (χ3n) is 4.92. The van der Waals surface area contributed by atoms with Crippen LogP contribution in [-0.2, 0) is 22.4 Å². The summed E-state index contributed by atoms with van der Waals surface area (Å²) in [5.41, 5.74) is 1.56. The van der Waals surface area contributed by atoms with E-state index in [1.807, 2.05) is 17.5 Å². The molecule has 0 aliphatic heterocycles. The van der Waals surface area contributed by atoms with E-state index < -0.39 is 0 Å². The first-order valence-electron chi connectivity index (χ1n) is 9.51. The highest BCUT2D eigenvalue weighted by atomic mass is 32.1. The van der Waals surface area contributed by atoms with Crippen LogP contribution in [0.5, 0.6) is 0 Å². The summed E-state index contributed by atoms with van der Waals surface area (Å²) in [5.74, 6) is -0.0554. The zero-order chi connectivity index (χ0) is 20.9. The lowest BCUT2D eigenvalue weighted by Crippen LogP contribution is -2.22. The highest BCUT2D eigenvalue weighted by Gasteiger charge is 2.27. The molecule has 4 rings (SSSR count). The van der Waals surface area contributed by atoms with Crippen molar-refractivity contribution >= 4 is 45.8 Å². The van der Waals surface area contributed by atoms with Gasteiger partial charge in [-0.05, 0) is 60.4 Å². The fourth-order valence-corrected chi connectivity index (χ4v) is 5.35. The number of ether oxygens (including phenoxy) is 1. The van der Waals surface area contributed by atoms with Crippen LogP contribution >= 0.6 is 22.7 Å². The Labute approximate surface area is 182 Å². The summed E-state index contributed by atoms with van der Waals surface area (Å²) in [4.78, 5) is 26.4. The standard InChI is InChI=1S/C22H19N3O3S2/c23-13-18-17-7-5-15(14-28-22(27)25-9-1-2-10-25)12-19(17)30-21(18)24-20(26)8-6-16-4-3-11-29-16/h1-4,6,8-11,15H,5,7,12,14H2,(H,24,26)/b8-6+. The molecule has 8 heteroatoms. The summed E-state index contributed by atoms with van der Waals surface area (Å²) in [6.45, 7) is 0.335. The van der Waals surface area contributed by atoms with E-state index >= 15 is 0 Å². The van der Waals surface area contributed by atoms with Gasteiger partial charge in [-0.1, -0.05) is 6.07 Å². The zero-order valence-corrected chi connectivity index (χ0v) is 17.7. The van der Waals surface area contributed by atoms with Crippen molar-refractivity contribution in [1.29, 1.82) is 5.26 Å². The van der Waals surface area contributed by atoms with Gasteiger partial charge < -0.3 is 10.1 Å². The molecule has 1 amide bonds. The number of carbonyl (C=O) groups excluding carboxylic acids is 2. The van der Waals surface area contributed by atoms with Crippen molar-refractivity contribution in [2.75, 3.05) is 11.9 Å². The van der Waals surface area contributed by atoms with Crippen molar-refractivity contribution in [3.8, 4) is 6.07 Å². The fraction of sp³-hybridized carbons (Fsp3) is 0.227. The third-order valence-corrected chi connectivity index (χ3v) is 6.92. The molecule has 0 radical (unpaired) electrons. The largest absolute Gasteiger partial charge is 0.449 e. The number of hydrogen-bond donors (Lipinski definition) is 1. The van der Waals surface area contributed by atoms with E-state index in [9.17, 15) is 14.9 Å². The van der Waals surface area contributed by atoms with E-state index in [2.05, 4.69) is 11.4 Å². The molecule has 3 heterocycles. The number of aromatic nitrogens is 1. The van der Waals surface area contributed by atoms with Crippen molar-refractivity contribution in [3.05, 3.63) is 69.0 Å². The van der Waals surface area contributed by atoms with E-state index in [1.54, 1.807) is 41.9 Å². The average Bonchev–Trinajstić information content (AvgIpc) is 3.51. The monoisotopic (exact) mass is 437 g/mol. The molecular weight excluding hydrogens is 418 g/mol. The minimum absolute atomic E-state index is 0.199. The number of amides is 1. The molecule has 3 aromatic rings. The number of nitrogens with one attached hydrogen (secondary N) is 1. The molecule has 1 atom stereocenters. The quantitative estimate of drug-likeness (QED) is 0.574. The Morgan fingerprint density at radius 3 is 2.90 bits per heavy atom. The number of hydrogen-bond acceptors (Lipinski definition) is 6. The molecule has 3 aromatic heterocycles. The van der Waals surface area contributed by atoms with Crippen LogP contribution in [0.3, 0.4) is 0 Å². The van der Waals surface area contributed by atoms with Crippen LogP contribution < -0.4 is 5.32 Å². The second-order valence-electron chi connectivity index (χ2n) is 6.93. The molecule has 0 saturated carbocycles. The molecule has 6 nitrogen and oxygen atoms in total. The minimum atomic E-state index is -0.389. The number of anilines is 1. The number of nitriles is 1. The number of rotatable bonds is 5. The summed E-state index contributed by atoms with van der Waals surface area (Å²) in [5, 5.41) is 15.0. The van der Waals surface area contributed by atoms with Gasteiger partial charge >= 0.3 is 6.09 Å². The van der Waals surface area contributed by atoms with Gasteiger partial charge in [0.25, 0.3) is 0 Å². The molecule has 0 fully saturated rings. The van der Waals surface area contributed by atoms with Gasteiger partial charge in [-0.3, -0.25) is 9.36 Å². The number of carbonyl (C=O) groups is 2. The van der Waals surface area contributed by atoms with Gasteiger partial charge in [-0.2, -0.15) is 5.26 Å². The molecule has 1 aliphatic rings. The summed E-state index contributed by atoms with van der Waals surface area (Å²) in [6.07, 6.45) is 8.46. The van der Waals surface area contributed by atoms with Gasteiger partial charge in [0.1, 0.15) is 11.1 Å². The normalized spacial score (nSPS) is 15.5. The maximum atomic E-state index is 12.3. The highest BCUT2D eigenvalue weighted by Crippen LogP contribution is 2.39. The first-order valence-corrected chi connectivity index (χ1v) is 11.2. The molecule has 1 unspecified atom stereocenters. The predicted octanol–water partition coefficient (Wildman–Crippen LogP) is 4.92. The van der Waals surface area contributed by atoms with E-state index in [4.69, 9.17) is 4.74 Å². The summed E-state index contributed by atoms with van der Waals surface area (Å²) in [6, 6.07) is 9.65. The third kappa shape index (κ3) is 4.53. The number of nitrogens with zero attached hydrogens (tertiary/aromatic N) is 2. The van der Waals surface area contributed by atoms with Crippen LogP contribution in [0.2, 0.25) is 0 Å². The lowest BCUT2D eigenvalue weighted by Gasteiger charge is -2.21. The molecule has 0 aromatic carbocycles. The summed E-state index contributed by atoms with van der Waals surface area (Å²) in [7, 11) is 0. The first kappa shape index (κ1) is 20.1. The topological polar surface area (TPSA) is 84.1 Å². The van der Waals surface area contributed by atoms with Crippen LogP contribution in [0.15, 0.2) is 48.1 Å².